The zero-order valence-corrected chi connectivity index (χ0v) is 12.5. The molecule has 1 aromatic carbocycles. The van der Waals surface area contributed by atoms with Crippen molar-refractivity contribution in [2.75, 3.05) is 17.5 Å². The Morgan fingerprint density at radius 3 is 2.65 bits per heavy atom. The molecule has 1 fully saturated rings. The Morgan fingerprint density at radius 1 is 1.45 bits per heavy atom. The molecular formula is C12H17ClN2O4S. The lowest BCUT2D eigenvalue weighted by molar-refractivity contribution is 0.174. The predicted octanol–water partition coefficient (Wildman–Crippen LogP) is 1.20. The Hall–Kier alpha value is -1.02. The number of hydrogen-bond donors (Lipinski definition) is 4. The molecule has 1 saturated carbocycles. The third-order valence-corrected chi connectivity index (χ3v) is 3.82. The molecule has 112 valence electrons. The number of sulfonamides is 1. The number of aliphatic hydroxyl groups excluding tert-OH is 1. The number of nitrogens with one attached hydrogen (secondary N) is 2. The second kappa shape index (κ2) is 5.77. The Kier molecular flexibility index (Phi) is 4.43. The quantitative estimate of drug-likeness (QED) is 0.590. The number of benzene rings is 1. The first-order chi connectivity index (χ1) is 9.26. The highest BCUT2D eigenvalue weighted by Gasteiger charge is 2.22. The average Bonchev–Trinajstić information content (AvgIpc) is 3.14. The molecule has 1 aromatic rings. The zero-order chi connectivity index (χ0) is 14.9. The van der Waals surface area contributed by atoms with Gasteiger partial charge >= 0.3 is 0 Å². The summed E-state index contributed by atoms with van der Waals surface area (Å²) < 4.78 is 24.6. The first-order valence-corrected chi connectivity index (χ1v) is 8.45. The molecule has 1 aliphatic carbocycles. The van der Waals surface area contributed by atoms with Gasteiger partial charge in [0.05, 0.1) is 23.1 Å². The van der Waals surface area contributed by atoms with Crippen molar-refractivity contribution in [3.63, 3.8) is 0 Å². The van der Waals surface area contributed by atoms with Crippen LogP contribution in [0.2, 0.25) is 5.02 Å². The molecule has 2 rings (SSSR count). The zero-order valence-electron chi connectivity index (χ0n) is 10.9. The van der Waals surface area contributed by atoms with Crippen LogP contribution in [0.25, 0.3) is 0 Å². The van der Waals surface area contributed by atoms with Gasteiger partial charge in [0.1, 0.15) is 0 Å². The molecular weight excluding hydrogens is 304 g/mol. The van der Waals surface area contributed by atoms with Crippen LogP contribution in [0.5, 0.6) is 5.75 Å². The van der Waals surface area contributed by atoms with Crippen LogP contribution in [0.15, 0.2) is 12.1 Å². The van der Waals surface area contributed by atoms with E-state index in [-0.39, 0.29) is 16.5 Å². The van der Waals surface area contributed by atoms with Gasteiger partial charge in [-0.05, 0) is 30.5 Å². The van der Waals surface area contributed by atoms with Gasteiger partial charge in [-0.2, -0.15) is 0 Å². The molecule has 0 radical (unpaired) electrons. The summed E-state index contributed by atoms with van der Waals surface area (Å²) in [5, 5.41) is 22.9. The number of halogens is 1. The number of phenols is 1. The number of anilines is 1. The fourth-order valence-electron chi connectivity index (χ4n) is 1.77. The number of aromatic hydroxyl groups is 1. The third-order valence-electron chi connectivity index (χ3n) is 2.94. The highest BCUT2D eigenvalue weighted by molar-refractivity contribution is 7.92. The van der Waals surface area contributed by atoms with Gasteiger partial charge in [0.15, 0.2) is 5.75 Å². The van der Waals surface area contributed by atoms with E-state index in [1.54, 1.807) is 0 Å². The lowest BCUT2D eigenvalue weighted by Crippen LogP contribution is -2.23. The maximum absolute atomic E-state index is 11.2. The second-order valence-electron chi connectivity index (χ2n) is 4.97. The van der Waals surface area contributed by atoms with Gasteiger partial charge in [-0.15, -0.1) is 0 Å². The molecule has 8 heteroatoms. The summed E-state index contributed by atoms with van der Waals surface area (Å²) in [4.78, 5) is 0. The molecule has 0 saturated heterocycles. The molecule has 0 bridgehead atoms. The standard InChI is InChI=1S/C12H17ClN2O4S/c1-20(18,19)15-10-5-7(4-9(13)12(10)17)11(16)6-14-8-2-3-8/h4-5,8,11,14-17H,2-3,6H2,1H3. The molecule has 1 atom stereocenters. The van der Waals surface area contributed by atoms with Crippen LogP contribution in [0.3, 0.4) is 0 Å². The van der Waals surface area contributed by atoms with Crippen molar-refractivity contribution in [3.05, 3.63) is 22.7 Å². The maximum Gasteiger partial charge on any atom is 0.229 e. The van der Waals surface area contributed by atoms with Crippen LogP contribution in [-0.4, -0.2) is 37.5 Å². The normalized spacial score (nSPS) is 16.9. The van der Waals surface area contributed by atoms with E-state index in [0.717, 1.165) is 19.1 Å². The van der Waals surface area contributed by atoms with Gasteiger partial charge in [-0.25, -0.2) is 8.42 Å². The number of aliphatic hydroxyl groups is 1. The molecule has 0 aliphatic heterocycles. The molecule has 1 unspecified atom stereocenters. The van der Waals surface area contributed by atoms with Crippen LogP contribution in [0.1, 0.15) is 24.5 Å². The van der Waals surface area contributed by atoms with Gasteiger partial charge in [-0.1, -0.05) is 11.6 Å². The molecule has 4 N–H and O–H groups in total. The molecule has 6 nitrogen and oxygen atoms in total. The Morgan fingerprint density at radius 2 is 2.10 bits per heavy atom. The van der Waals surface area contributed by atoms with E-state index in [1.165, 1.54) is 12.1 Å². The highest BCUT2D eigenvalue weighted by atomic mass is 35.5. The lowest BCUT2D eigenvalue weighted by atomic mass is 10.1. The second-order valence-corrected chi connectivity index (χ2v) is 7.13. The average molecular weight is 321 g/mol. The van der Waals surface area contributed by atoms with Crippen molar-refractivity contribution < 1.29 is 18.6 Å². The largest absolute Gasteiger partial charge is 0.504 e. The van der Waals surface area contributed by atoms with Crippen LogP contribution in [0.4, 0.5) is 5.69 Å². The molecule has 1 aliphatic rings. The monoisotopic (exact) mass is 320 g/mol. The lowest BCUT2D eigenvalue weighted by Gasteiger charge is -2.15. The van der Waals surface area contributed by atoms with E-state index < -0.39 is 16.1 Å². The van der Waals surface area contributed by atoms with Crippen LogP contribution in [-0.2, 0) is 10.0 Å². The topological polar surface area (TPSA) is 98.7 Å². The van der Waals surface area contributed by atoms with E-state index in [0.29, 0.717) is 18.2 Å². The summed E-state index contributed by atoms with van der Waals surface area (Å²) in [7, 11) is -3.54. The van der Waals surface area contributed by atoms with E-state index >= 15 is 0 Å². The van der Waals surface area contributed by atoms with Crippen molar-refractivity contribution in [2.45, 2.75) is 25.0 Å². The van der Waals surface area contributed by atoms with Crippen molar-refractivity contribution in [1.29, 1.82) is 0 Å². The SMILES string of the molecule is CS(=O)(=O)Nc1cc(C(O)CNC2CC2)cc(Cl)c1O. The number of hydrogen-bond acceptors (Lipinski definition) is 5. The summed E-state index contributed by atoms with van der Waals surface area (Å²) in [6.45, 7) is 0.351. The Labute approximate surface area is 122 Å². The summed E-state index contributed by atoms with van der Waals surface area (Å²) in [6, 6.07) is 3.25. The van der Waals surface area contributed by atoms with Gasteiger partial charge in [-0.3, -0.25) is 4.72 Å². The van der Waals surface area contributed by atoms with Gasteiger partial charge in [0.25, 0.3) is 0 Å². The van der Waals surface area contributed by atoms with Crippen molar-refractivity contribution >= 4 is 27.3 Å². The molecule has 0 amide bonds. The minimum Gasteiger partial charge on any atom is -0.504 e. The third kappa shape index (κ3) is 4.24. The van der Waals surface area contributed by atoms with E-state index in [9.17, 15) is 18.6 Å². The van der Waals surface area contributed by atoms with Gasteiger partial charge in [0, 0.05) is 12.6 Å². The van der Waals surface area contributed by atoms with Crippen molar-refractivity contribution in [2.24, 2.45) is 0 Å². The number of phenolic OH excluding ortho intramolecular Hbond substituents is 1. The predicted molar refractivity (Wildman–Crippen MR) is 77.6 cm³/mol. The summed E-state index contributed by atoms with van der Waals surface area (Å²) in [5.41, 5.74) is 0.396. The first kappa shape index (κ1) is 15.4. The minimum atomic E-state index is -3.54. The first-order valence-electron chi connectivity index (χ1n) is 6.18. The van der Waals surface area contributed by atoms with E-state index in [2.05, 4.69) is 10.0 Å². The fourth-order valence-corrected chi connectivity index (χ4v) is 2.56. The highest BCUT2D eigenvalue weighted by Crippen LogP contribution is 2.35. The van der Waals surface area contributed by atoms with Crippen LogP contribution >= 0.6 is 11.6 Å². The molecule has 0 spiro atoms. The van der Waals surface area contributed by atoms with Crippen molar-refractivity contribution in [1.82, 2.24) is 5.32 Å². The Balaban J connectivity index is 2.19. The summed E-state index contributed by atoms with van der Waals surface area (Å²) in [6.07, 6.45) is 2.35. The van der Waals surface area contributed by atoms with Crippen molar-refractivity contribution in [3.8, 4) is 5.75 Å². The van der Waals surface area contributed by atoms with E-state index in [4.69, 9.17) is 11.6 Å². The summed E-state index contributed by atoms with van der Waals surface area (Å²) in [5.74, 6) is -0.358. The Bertz CT molecular complexity index is 602. The van der Waals surface area contributed by atoms with Gasteiger partial charge in [0.2, 0.25) is 10.0 Å². The molecule has 20 heavy (non-hydrogen) atoms. The molecule has 0 heterocycles. The van der Waals surface area contributed by atoms with Crippen LogP contribution < -0.4 is 10.0 Å². The van der Waals surface area contributed by atoms with Crippen LogP contribution in [0, 0.1) is 0 Å². The van der Waals surface area contributed by atoms with E-state index in [1.807, 2.05) is 0 Å². The fraction of sp³-hybridized carbons (Fsp3) is 0.500. The number of rotatable bonds is 6. The summed E-state index contributed by atoms with van der Waals surface area (Å²) >= 11 is 5.85. The minimum absolute atomic E-state index is 0.0147. The molecule has 0 aromatic heterocycles. The van der Waals surface area contributed by atoms with Gasteiger partial charge < -0.3 is 15.5 Å². The maximum atomic E-state index is 11.2. The smallest absolute Gasteiger partial charge is 0.229 e.